The Balaban J connectivity index is 1.79. The van der Waals surface area contributed by atoms with Crippen LogP contribution in [0.4, 0.5) is 8.78 Å². The van der Waals surface area contributed by atoms with Gasteiger partial charge in [0.1, 0.15) is 25.1 Å². The van der Waals surface area contributed by atoms with Crippen LogP contribution in [-0.4, -0.2) is 37.4 Å². The zero-order valence-electron chi connectivity index (χ0n) is 16.1. The number of alkyl halides is 2. The summed E-state index contributed by atoms with van der Waals surface area (Å²) in [5.74, 6) is 0. The van der Waals surface area contributed by atoms with Crippen LogP contribution in [0.25, 0.3) is 22.3 Å². The van der Waals surface area contributed by atoms with E-state index in [4.69, 9.17) is 0 Å². The molecular weight excluding hydrogens is 410 g/mol. The fraction of sp³-hybridized carbons (Fsp3) is 0.333. The Morgan fingerprint density at radius 3 is 2.47 bits per heavy atom. The van der Waals surface area contributed by atoms with Crippen molar-refractivity contribution in [1.82, 2.24) is 14.3 Å². The van der Waals surface area contributed by atoms with Crippen LogP contribution in [0.3, 0.4) is 0 Å². The number of rotatable bonds is 7. The van der Waals surface area contributed by atoms with E-state index in [9.17, 15) is 22.5 Å². The molecule has 1 N–H and O–H groups in total. The van der Waals surface area contributed by atoms with E-state index in [-0.39, 0.29) is 10.9 Å². The number of fused-ring (bicyclic) bond motifs is 1. The van der Waals surface area contributed by atoms with Crippen molar-refractivity contribution in [3.8, 4) is 17.3 Å². The first kappa shape index (κ1) is 20.4. The number of halogens is 2. The molecule has 1 aliphatic carbocycles. The lowest BCUT2D eigenvalue weighted by atomic mass is 9.92. The van der Waals surface area contributed by atoms with Crippen molar-refractivity contribution in [3.63, 3.8) is 0 Å². The van der Waals surface area contributed by atoms with Gasteiger partial charge in [0.05, 0.1) is 22.2 Å². The molecule has 6 nitrogen and oxygen atoms in total. The molecule has 0 amide bonds. The summed E-state index contributed by atoms with van der Waals surface area (Å²) in [5.41, 5.74) is 2.62. The zero-order chi connectivity index (χ0) is 21.3. The SMILES string of the molecule is N#Cc1c(-c2ccc(S(=O)(=O)NC(CF)CF)cc2)n(C2CCC2)c2ncccc12. The largest absolute Gasteiger partial charge is 0.321 e. The highest BCUT2D eigenvalue weighted by Crippen LogP contribution is 2.41. The third-order valence-corrected chi connectivity index (χ3v) is 6.98. The maximum atomic E-state index is 12.7. The molecule has 2 heterocycles. The Morgan fingerprint density at radius 1 is 1.20 bits per heavy atom. The maximum Gasteiger partial charge on any atom is 0.240 e. The van der Waals surface area contributed by atoms with Crippen molar-refractivity contribution in [1.29, 1.82) is 5.26 Å². The topological polar surface area (TPSA) is 87.8 Å². The molecule has 0 radical (unpaired) electrons. The van der Waals surface area contributed by atoms with Gasteiger partial charge in [-0.1, -0.05) is 12.1 Å². The molecule has 1 aromatic carbocycles. The van der Waals surface area contributed by atoms with Crippen LogP contribution in [0, 0.1) is 11.3 Å². The first-order valence-corrected chi connectivity index (χ1v) is 11.1. The molecule has 0 spiro atoms. The molecule has 0 unspecified atom stereocenters. The van der Waals surface area contributed by atoms with Crippen LogP contribution in [0.15, 0.2) is 47.5 Å². The van der Waals surface area contributed by atoms with Gasteiger partial charge in [-0.05, 0) is 49.1 Å². The molecule has 1 saturated carbocycles. The van der Waals surface area contributed by atoms with E-state index in [1.165, 1.54) is 12.1 Å². The lowest BCUT2D eigenvalue weighted by Gasteiger charge is -2.29. The third kappa shape index (κ3) is 3.46. The molecule has 1 fully saturated rings. The number of sulfonamides is 1. The number of pyridine rings is 1. The van der Waals surface area contributed by atoms with E-state index in [0.29, 0.717) is 16.8 Å². The number of nitrogens with zero attached hydrogens (tertiary/aromatic N) is 3. The summed E-state index contributed by atoms with van der Waals surface area (Å²) in [6, 6.07) is 10.7. The average molecular weight is 430 g/mol. The Hall–Kier alpha value is -2.83. The monoisotopic (exact) mass is 430 g/mol. The number of hydrogen-bond acceptors (Lipinski definition) is 4. The molecule has 3 aromatic rings. The van der Waals surface area contributed by atoms with E-state index >= 15 is 0 Å². The van der Waals surface area contributed by atoms with Crippen LogP contribution in [0.5, 0.6) is 0 Å². The van der Waals surface area contributed by atoms with Gasteiger partial charge < -0.3 is 4.57 Å². The predicted octanol–water partition coefficient (Wildman–Crippen LogP) is 3.89. The number of nitriles is 1. The van der Waals surface area contributed by atoms with Crippen molar-refractivity contribution in [2.45, 2.75) is 36.2 Å². The predicted molar refractivity (Wildman–Crippen MR) is 109 cm³/mol. The van der Waals surface area contributed by atoms with Gasteiger partial charge in [0.2, 0.25) is 10.0 Å². The van der Waals surface area contributed by atoms with E-state index < -0.39 is 29.4 Å². The van der Waals surface area contributed by atoms with Crippen molar-refractivity contribution in [2.24, 2.45) is 0 Å². The Kier molecular flexibility index (Phi) is 5.54. The Morgan fingerprint density at radius 2 is 1.90 bits per heavy atom. The molecule has 0 bridgehead atoms. The summed E-state index contributed by atoms with van der Waals surface area (Å²) in [4.78, 5) is 4.39. The number of nitrogens with one attached hydrogen (secondary N) is 1. The van der Waals surface area contributed by atoms with Crippen LogP contribution >= 0.6 is 0 Å². The fourth-order valence-corrected chi connectivity index (χ4v) is 4.91. The van der Waals surface area contributed by atoms with Gasteiger partial charge in [0.25, 0.3) is 0 Å². The molecule has 0 saturated heterocycles. The Bertz CT molecular complexity index is 1210. The highest BCUT2D eigenvalue weighted by molar-refractivity contribution is 7.89. The molecule has 1 aliphatic rings. The maximum absolute atomic E-state index is 12.7. The first-order valence-electron chi connectivity index (χ1n) is 9.64. The number of benzene rings is 1. The minimum Gasteiger partial charge on any atom is -0.321 e. The molecule has 2 aromatic heterocycles. The van der Waals surface area contributed by atoms with E-state index in [0.717, 1.165) is 30.3 Å². The lowest BCUT2D eigenvalue weighted by molar-refractivity contribution is 0.323. The molecule has 4 rings (SSSR count). The normalized spacial score (nSPS) is 14.7. The van der Waals surface area contributed by atoms with Crippen molar-refractivity contribution in [3.05, 3.63) is 48.2 Å². The van der Waals surface area contributed by atoms with E-state index in [1.54, 1.807) is 24.4 Å². The second kappa shape index (κ2) is 8.13. The van der Waals surface area contributed by atoms with Crippen molar-refractivity contribution < 1.29 is 17.2 Å². The van der Waals surface area contributed by atoms with Gasteiger partial charge in [-0.2, -0.15) is 5.26 Å². The number of hydrogen-bond donors (Lipinski definition) is 1. The average Bonchev–Trinajstić information content (AvgIpc) is 3.05. The molecule has 156 valence electrons. The third-order valence-electron chi connectivity index (χ3n) is 5.45. The van der Waals surface area contributed by atoms with Crippen LogP contribution in [0.2, 0.25) is 0 Å². The lowest BCUT2D eigenvalue weighted by Crippen LogP contribution is -2.37. The summed E-state index contributed by atoms with van der Waals surface area (Å²) in [7, 11) is -4.06. The second-order valence-electron chi connectivity index (χ2n) is 7.32. The van der Waals surface area contributed by atoms with Crippen LogP contribution < -0.4 is 4.72 Å². The van der Waals surface area contributed by atoms with Gasteiger partial charge in [-0.25, -0.2) is 26.9 Å². The van der Waals surface area contributed by atoms with Crippen molar-refractivity contribution >= 4 is 21.1 Å². The van der Waals surface area contributed by atoms with Crippen LogP contribution in [-0.2, 0) is 10.0 Å². The van der Waals surface area contributed by atoms with Gasteiger partial charge in [0.15, 0.2) is 0 Å². The van der Waals surface area contributed by atoms with Crippen LogP contribution in [0.1, 0.15) is 30.9 Å². The minimum absolute atomic E-state index is 0.0962. The van der Waals surface area contributed by atoms with Gasteiger partial charge in [-0.3, -0.25) is 0 Å². The summed E-state index contributed by atoms with van der Waals surface area (Å²) < 4.78 is 54.3. The zero-order valence-corrected chi connectivity index (χ0v) is 16.9. The van der Waals surface area contributed by atoms with Gasteiger partial charge in [0, 0.05) is 17.6 Å². The van der Waals surface area contributed by atoms with Gasteiger partial charge in [-0.15, -0.1) is 0 Å². The summed E-state index contributed by atoms with van der Waals surface area (Å²) in [6.07, 6.45) is 4.77. The molecule has 30 heavy (non-hydrogen) atoms. The molecule has 0 aliphatic heterocycles. The summed E-state index contributed by atoms with van der Waals surface area (Å²) in [5, 5.41) is 10.6. The molecule has 0 atom stereocenters. The second-order valence-corrected chi connectivity index (χ2v) is 9.03. The minimum atomic E-state index is -4.06. The van der Waals surface area contributed by atoms with Crippen molar-refractivity contribution in [2.75, 3.05) is 13.3 Å². The Labute approximate surface area is 173 Å². The highest BCUT2D eigenvalue weighted by atomic mass is 32.2. The van der Waals surface area contributed by atoms with E-state index in [2.05, 4.69) is 15.6 Å². The molecule has 9 heteroatoms. The summed E-state index contributed by atoms with van der Waals surface area (Å²) >= 11 is 0. The quantitative estimate of drug-likeness (QED) is 0.616. The smallest absolute Gasteiger partial charge is 0.240 e. The van der Waals surface area contributed by atoms with E-state index in [1.807, 2.05) is 10.8 Å². The fourth-order valence-electron chi connectivity index (χ4n) is 3.72. The molecular formula is C21H20F2N4O2S. The highest BCUT2D eigenvalue weighted by Gasteiger charge is 2.28. The standard InChI is InChI=1S/C21H20F2N4O2S/c22-11-15(12-23)26-30(28,29)17-8-6-14(7-9-17)20-19(13-24)18-5-2-10-25-21(18)27(20)16-3-1-4-16/h2,5-10,15-16,26H,1,3-4,11-12H2. The number of aromatic nitrogens is 2. The summed E-state index contributed by atoms with van der Waals surface area (Å²) in [6.45, 7) is -2.26. The van der Waals surface area contributed by atoms with Gasteiger partial charge >= 0.3 is 0 Å². The first-order chi connectivity index (χ1) is 14.5.